The number of rotatable bonds is 6. The largest absolute Gasteiger partial charge is 0.449 e. The molecule has 5 heteroatoms. The molecule has 0 unspecified atom stereocenters. The standard InChI is InChI=1S/C47H35N3O2/c1-5-12-29(2)30-19-21-32(22-20-30)45-48-44(31-13-7-6-8-14-31)49-46(50-45)35-16-11-15-33(25-35)34-23-24-40-41(26-34)52-43-28-39-37(27-42(43)51-40)36-17-9-10-18-38(36)47(39,3)4/h5-28H,1H2,2-4H3/b29-12+. The third-order valence-electron chi connectivity index (χ3n) is 10.1. The Kier molecular flexibility index (Phi) is 7.44. The van der Waals surface area contributed by atoms with E-state index < -0.39 is 0 Å². The zero-order chi connectivity index (χ0) is 35.4. The Morgan fingerprint density at radius 1 is 0.519 bits per heavy atom. The topological polar surface area (TPSA) is 57.1 Å². The zero-order valence-corrected chi connectivity index (χ0v) is 29.2. The summed E-state index contributed by atoms with van der Waals surface area (Å²) in [6.07, 6.45) is 3.80. The molecule has 2 aliphatic rings. The van der Waals surface area contributed by atoms with Crippen molar-refractivity contribution in [2.75, 3.05) is 0 Å². The van der Waals surface area contributed by atoms with Gasteiger partial charge in [0.05, 0.1) is 0 Å². The van der Waals surface area contributed by atoms with Crippen molar-refractivity contribution in [1.29, 1.82) is 0 Å². The van der Waals surface area contributed by atoms with E-state index >= 15 is 0 Å². The molecule has 52 heavy (non-hydrogen) atoms. The van der Waals surface area contributed by atoms with Crippen molar-refractivity contribution in [3.05, 3.63) is 169 Å². The van der Waals surface area contributed by atoms with Gasteiger partial charge in [0.25, 0.3) is 0 Å². The Balaban J connectivity index is 1.06. The molecule has 9 rings (SSSR count). The maximum Gasteiger partial charge on any atom is 0.170 e. The third kappa shape index (κ3) is 5.39. The molecule has 1 aliphatic heterocycles. The molecule has 0 saturated heterocycles. The van der Waals surface area contributed by atoms with Crippen LogP contribution in [0.2, 0.25) is 0 Å². The Bertz CT molecular complexity index is 2570. The first kappa shape index (κ1) is 31.4. The minimum Gasteiger partial charge on any atom is -0.449 e. The number of fused-ring (bicyclic) bond motifs is 5. The summed E-state index contributed by atoms with van der Waals surface area (Å²) in [5, 5.41) is 0. The van der Waals surface area contributed by atoms with Crippen molar-refractivity contribution in [3.8, 4) is 79.4 Å². The molecule has 1 aromatic heterocycles. The maximum absolute atomic E-state index is 6.57. The Morgan fingerprint density at radius 2 is 1.10 bits per heavy atom. The van der Waals surface area contributed by atoms with Crippen molar-refractivity contribution in [3.63, 3.8) is 0 Å². The molecule has 0 saturated carbocycles. The molecule has 6 aromatic carbocycles. The summed E-state index contributed by atoms with van der Waals surface area (Å²) in [5.74, 6) is 4.65. The van der Waals surface area contributed by atoms with E-state index in [-0.39, 0.29) is 5.41 Å². The minimum absolute atomic E-state index is 0.132. The lowest BCUT2D eigenvalue weighted by Gasteiger charge is -2.25. The van der Waals surface area contributed by atoms with Crippen LogP contribution in [0.1, 0.15) is 37.5 Å². The molecule has 0 radical (unpaired) electrons. The molecule has 0 atom stereocenters. The summed E-state index contributed by atoms with van der Waals surface area (Å²) < 4.78 is 13.0. The van der Waals surface area contributed by atoms with Crippen molar-refractivity contribution in [1.82, 2.24) is 15.0 Å². The summed E-state index contributed by atoms with van der Waals surface area (Å²) in [4.78, 5) is 14.9. The molecular weight excluding hydrogens is 639 g/mol. The Hall–Kier alpha value is -6.59. The molecular formula is C47H35N3O2. The fourth-order valence-corrected chi connectivity index (χ4v) is 7.30. The van der Waals surface area contributed by atoms with Gasteiger partial charge < -0.3 is 9.47 Å². The smallest absolute Gasteiger partial charge is 0.170 e. The Morgan fingerprint density at radius 3 is 1.87 bits per heavy atom. The van der Waals surface area contributed by atoms with Crippen LogP contribution in [-0.2, 0) is 5.41 Å². The fraction of sp³-hybridized carbons (Fsp3) is 0.0851. The highest BCUT2D eigenvalue weighted by molar-refractivity contribution is 5.84. The van der Waals surface area contributed by atoms with E-state index in [4.69, 9.17) is 24.4 Å². The Labute approximate surface area is 303 Å². The molecule has 0 bridgehead atoms. The van der Waals surface area contributed by atoms with Gasteiger partial charge in [0.2, 0.25) is 0 Å². The summed E-state index contributed by atoms with van der Waals surface area (Å²) >= 11 is 0. The van der Waals surface area contributed by atoms with Crippen LogP contribution in [0.4, 0.5) is 0 Å². The SMILES string of the molecule is C=C/C=C(\C)c1ccc(-c2nc(-c3ccccc3)nc(-c3cccc(-c4ccc5c(c4)Oc4cc6c(cc4O5)-c4ccccc4C6(C)C)c3)n2)cc1. The van der Waals surface area contributed by atoms with Crippen LogP contribution in [-0.4, -0.2) is 15.0 Å². The van der Waals surface area contributed by atoms with Crippen molar-refractivity contribution in [2.45, 2.75) is 26.2 Å². The summed E-state index contributed by atoms with van der Waals surface area (Å²) in [6, 6.07) is 45.6. The van der Waals surface area contributed by atoms with Crippen LogP contribution < -0.4 is 9.47 Å². The van der Waals surface area contributed by atoms with Crippen LogP contribution in [0.15, 0.2) is 152 Å². The predicted octanol–water partition coefficient (Wildman–Crippen LogP) is 12.3. The highest BCUT2D eigenvalue weighted by Crippen LogP contribution is 2.55. The minimum atomic E-state index is -0.132. The number of nitrogens with zero attached hydrogens (tertiary/aromatic N) is 3. The van der Waals surface area contributed by atoms with E-state index in [0.29, 0.717) is 29.0 Å². The lowest BCUT2D eigenvalue weighted by molar-refractivity contribution is 0.359. The lowest BCUT2D eigenvalue weighted by atomic mass is 9.82. The average molecular weight is 674 g/mol. The van der Waals surface area contributed by atoms with Gasteiger partial charge in [0.15, 0.2) is 40.5 Å². The molecule has 0 amide bonds. The van der Waals surface area contributed by atoms with E-state index in [1.54, 1.807) is 6.08 Å². The van der Waals surface area contributed by atoms with Gasteiger partial charge in [-0.3, -0.25) is 0 Å². The van der Waals surface area contributed by atoms with Crippen molar-refractivity contribution < 1.29 is 9.47 Å². The third-order valence-corrected chi connectivity index (χ3v) is 10.1. The monoisotopic (exact) mass is 673 g/mol. The highest BCUT2D eigenvalue weighted by Gasteiger charge is 2.37. The van der Waals surface area contributed by atoms with E-state index in [2.05, 4.69) is 106 Å². The van der Waals surface area contributed by atoms with Gasteiger partial charge in [-0.05, 0) is 81.8 Å². The highest BCUT2D eigenvalue weighted by atomic mass is 16.6. The van der Waals surface area contributed by atoms with E-state index in [1.807, 2.05) is 60.7 Å². The predicted molar refractivity (Wildman–Crippen MR) is 210 cm³/mol. The summed E-state index contributed by atoms with van der Waals surface area (Å²) in [6.45, 7) is 10.4. The number of aromatic nitrogens is 3. The summed E-state index contributed by atoms with van der Waals surface area (Å²) in [5.41, 5.74) is 11.9. The van der Waals surface area contributed by atoms with Crippen LogP contribution in [0, 0.1) is 0 Å². The maximum atomic E-state index is 6.57. The number of ether oxygens (including phenoxy) is 2. The first-order chi connectivity index (χ1) is 25.4. The van der Waals surface area contributed by atoms with Crippen molar-refractivity contribution >= 4 is 5.57 Å². The zero-order valence-electron chi connectivity index (χ0n) is 29.2. The molecule has 250 valence electrons. The van der Waals surface area contributed by atoms with E-state index in [1.165, 1.54) is 22.3 Å². The fourth-order valence-electron chi connectivity index (χ4n) is 7.30. The van der Waals surface area contributed by atoms with Crippen LogP contribution in [0.5, 0.6) is 23.0 Å². The molecule has 0 fully saturated rings. The summed E-state index contributed by atoms with van der Waals surface area (Å²) in [7, 11) is 0. The first-order valence-electron chi connectivity index (χ1n) is 17.5. The number of benzene rings is 6. The normalized spacial score (nSPS) is 13.6. The number of hydrogen-bond donors (Lipinski definition) is 0. The van der Waals surface area contributed by atoms with Gasteiger partial charge in [-0.15, -0.1) is 0 Å². The van der Waals surface area contributed by atoms with Gasteiger partial charge in [-0.2, -0.15) is 0 Å². The molecule has 5 nitrogen and oxygen atoms in total. The molecule has 7 aromatic rings. The van der Waals surface area contributed by atoms with Gasteiger partial charge in [0, 0.05) is 22.1 Å². The number of hydrogen-bond acceptors (Lipinski definition) is 5. The van der Waals surface area contributed by atoms with Gasteiger partial charge in [-0.25, -0.2) is 15.0 Å². The van der Waals surface area contributed by atoms with Crippen LogP contribution >= 0.6 is 0 Å². The quantitative estimate of drug-likeness (QED) is 0.164. The molecule has 0 N–H and O–H groups in total. The van der Waals surface area contributed by atoms with Gasteiger partial charge in [-0.1, -0.05) is 136 Å². The lowest BCUT2D eigenvalue weighted by Crippen LogP contribution is -2.15. The van der Waals surface area contributed by atoms with Gasteiger partial charge in [0.1, 0.15) is 0 Å². The molecule has 2 heterocycles. The molecule has 1 aliphatic carbocycles. The average Bonchev–Trinajstić information content (AvgIpc) is 3.41. The van der Waals surface area contributed by atoms with Crippen LogP contribution in [0.3, 0.4) is 0 Å². The van der Waals surface area contributed by atoms with E-state index in [9.17, 15) is 0 Å². The second-order valence-corrected chi connectivity index (χ2v) is 13.8. The van der Waals surface area contributed by atoms with Gasteiger partial charge >= 0.3 is 0 Å². The first-order valence-corrected chi connectivity index (χ1v) is 17.5. The number of allylic oxidation sites excluding steroid dienone is 3. The van der Waals surface area contributed by atoms with Crippen LogP contribution in [0.25, 0.3) is 62.0 Å². The van der Waals surface area contributed by atoms with Crippen molar-refractivity contribution in [2.24, 2.45) is 0 Å². The second-order valence-electron chi connectivity index (χ2n) is 13.8. The molecule has 0 spiro atoms. The second kappa shape index (κ2) is 12.3. The van der Waals surface area contributed by atoms with E-state index in [0.717, 1.165) is 50.5 Å².